The van der Waals surface area contributed by atoms with Crippen LogP contribution in [0.5, 0.6) is 0 Å². The van der Waals surface area contributed by atoms with Gasteiger partial charge in [0, 0.05) is 25.8 Å². The lowest BCUT2D eigenvalue weighted by Crippen LogP contribution is -2.57. The number of morpholine rings is 1. The molecule has 7 heteroatoms. The van der Waals surface area contributed by atoms with Gasteiger partial charge in [0.15, 0.2) is 0 Å². The van der Waals surface area contributed by atoms with Gasteiger partial charge in [-0.05, 0) is 27.7 Å². The monoisotopic (exact) mass is 322 g/mol. The first-order valence-electron chi connectivity index (χ1n) is 8.14. The number of nitrogens with zero attached hydrogens (tertiary/aromatic N) is 3. The predicted octanol–water partition coefficient (Wildman–Crippen LogP) is 2.05. The summed E-state index contributed by atoms with van der Waals surface area (Å²) in [5.74, 6) is 0. The van der Waals surface area contributed by atoms with Gasteiger partial charge in [-0.15, -0.1) is 0 Å². The average molecular weight is 322 g/mol. The Kier molecular flexibility index (Phi) is 4.10. The summed E-state index contributed by atoms with van der Waals surface area (Å²) < 4.78 is 13.4. The molecule has 2 aliphatic heterocycles. The fraction of sp³-hybridized carbons (Fsp3) is 0.750. The van der Waals surface area contributed by atoms with E-state index >= 15 is 0 Å². The normalized spacial score (nSPS) is 28.3. The molecule has 0 radical (unpaired) electrons. The largest absolute Gasteiger partial charge is 0.378 e. The van der Waals surface area contributed by atoms with Gasteiger partial charge in [-0.3, -0.25) is 4.68 Å². The third-order valence-electron chi connectivity index (χ3n) is 4.28. The number of carbonyl (C=O) groups is 1. The third kappa shape index (κ3) is 3.50. The van der Waals surface area contributed by atoms with Crippen molar-refractivity contribution >= 4 is 11.7 Å². The van der Waals surface area contributed by atoms with E-state index < -0.39 is 0 Å². The van der Waals surface area contributed by atoms with Crippen molar-refractivity contribution < 1.29 is 14.3 Å². The standard InChI is InChI=1S/C16H26N4O3/c1-12-8-19(10-16(23-12)5-6-22-11-16)14(21)18-13-7-17-20(9-13)15(2,3)4/h7,9,12H,5-6,8,10-11H2,1-4H3,(H,18,21)/t12-,16+/m1/s1. The molecule has 128 valence electrons. The first-order valence-corrected chi connectivity index (χ1v) is 8.14. The number of nitrogens with one attached hydrogen (secondary N) is 1. The van der Waals surface area contributed by atoms with Crippen molar-refractivity contribution in [1.82, 2.24) is 14.7 Å². The van der Waals surface area contributed by atoms with E-state index in [2.05, 4.69) is 31.2 Å². The topological polar surface area (TPSA) is 68.6 Å². The molecule has 2 amide bonds. The summed E-state index contributed by atoms with van der Waals surface area (Å²) >= 11 is 0. The number of hydrogen-bond donors (Lipinski definition) is 1. The molecule has 0 saturated carbocycles. The second-order valence-corrected chi connectivity index (χ2v) is 7.57. The first-order chi connectivity index (χ1) is 10.8. The Labute approximate surface area is 136 Å². The van der Waals surface area contributed by atoms with Gasteiger partial charge in [-0.1, -0.05) is 0 Å². The Hall–Kier alpha value is -1.60. The van der Waals surface area contributed by atoms with Crippen LogP contribution in [0.25, 0.3) is 0 Å². The average Bonchev–Trinajstić information content (AvgIpc) is 3.07. The Morgan fingerprint density at radius 1 is 1.48 bits per heavy atom. The van der Waals surface area contributed by atoms with Crippen LogP contribution in [0.2, 0.25) is 0 Å². The van der Waals surface area contributed by atoms with Gasteiger partial charge in [0.1, 0.15) is 5.60 Å². The van der Waals surface area contributed by atoms with Crippen molar-refractivity contribution in [3.63, 3.8) is 0 Å². The van der Waals surface area contributed by atoms with E-state index in [4.69, 9.17) is 9.47 Å². The maximum absolute atomic E-state index is 12.6. The maximum atomic E-state index is 12.6. The molecule has 2 atom stereocenters. The van der Waals surface area contributed by atoms with Crippen LogP contribution in [0, 0.1) is 0 Å². The molecular weight excluding hydrogens is 296 g/mol. The summed E-state index contributed by atoms with van der Waals surface area (Å²) in [6, 6.07) is -0.111. The molecule has 0 bridgehead atoms. The summed E-state index contributed by atoms with van der Waals surface area (Å²) in [6.07, 6.45) is 4.38. The number of aromatic nitrogens is 2. The molecule has 3 rings (SSSR count). The molecule has 1 aromatic rings. The highest BCUT2D eigenvalue weighted by Gasteiger charge is 2.44. The molecule has 0 aliphatic carbocycles. The Bertz CT molecular complexity index is 572. The molecule has 23 heavy (non-hydrogen) atoms. The van der Waals surface area contributed by atoms with Gasteiger partial charge in [0.2, 0.25) is 0 Å². The SMILES string of the molecule is C[C@@H]1CN(C(=O)Nc2cnn(C(C)(C)C)c2)C[C@]2(CCOC2)O1. The highest BCUT2D eigenvalue weighted by Crippen LogP contribution is 2.30. The lowest BCUT2D eigenvalue weighted by atomic mass is 9.99. The second-order valence-electron chi connectivity index (χ2n) is 7.57. The van der Waals surface area contributed by atoms with E-state index in [-0.39, 0.29) is 23.3 Å². The highest BCUT2D eigenvalue weighted by molar-refractivity contribution is 5.89. The van der Waals surface area contributed by atoms with E-state index in [1.54, 1.807) is 6.20 Å². The number of carbonyl (C=O) groups excluding carboxylic acids is 1. The molecule has 1 aromatic heterocycles. The summed E-state index contributed by atoms with van der Waals surface area (Å²) in [5, 5.41) is 7.25. The summed E-state index contributed by atoms with van der Waals surface area (Å²) in [4.78, 5) is 14.4. The Morgan fingerprint density at radius 3 is 2.87 bits per heavy atom. The van der Waals surface area contributed by atoms with Crippen LogP contribution >= 0.6 is 0 Å². The Balaban J connectivity index is 1.66. The third-order valence-corrected chi connectivity index (χ3v) is 4.28. The van der Waals surface area contributed by atoms with Gasteiger partial charge < -0.3 is 19.7 Å². The number of rotatable bonds is 1. The number of urea groups is 1. The highest BCUT2D eigenvalue weighted by atomic mass is 16.6. The molecule has 0 unspecified atom stereocenters. The Morgan fingerprint density at radius 2 is 2.26 bits per heavy atom. The number of anilines is 1. The van der Waals surface area contributed by atoms with E-state index in [1.807, 2.05) is 22.7 Å². The molecule has 1 spiro atoms. The van der Waals surface area contributed by atoms with Crippen LogP contribution in [-0.2, 0) is 15.0 Å². The minimum atomic E-state index is -0.343. The lowest BCUT2D eigenvalue weighted by molar-refractivity contribution is -0.136. The van der Waals surface area contributed by atoms with Crippen LogP contribution in [0.4, 0.5) is 10.5 Å². The fourth-order valence-electron chi connectivity index (χ4n) is 3.14. The van der Waals surface area contributed by atoms with Gasteiger partial charge >= 0.3 is 6.03 Å². The van der Waals surface area contributed by atoms with Gasteiger partial charge in [0.25, 0.3) is 0 Å². The number of hydrogen-bond acceptors (Lipinski definition) is 4. The second kappa shape index (κ2) is 5.79. The number of ether oxygens (including phenoxy) is 2. The van der Waals surface area contributed by atoms with E-state index in [9.17, 15) is 4.79 Å². The van der Waals surface area contributed by atoms with Crippen molar-refractivity contribution in [2.45, 2.75) is 51.4 Å². The maximum Gasteiger partial charge on any atom is 0.322 e. The van der Waals surface area contributed by atoms with Crippen LogP contribution in [0.1, 0.15) is 34.1 Å². The van der Waals surface area contributed by atoms with Gasteiger partial charge in [0.05, 0.1) is 36.7 Å². The van der Waals surface area contributed by atoms with E-state index in [0.717, 1.165) is 6.42 Å². The fourth-order valence-corrected chi connectivity index (χ4v) is 3.14. The molecule has 2 fully saturated rings. The smallest absolute Gasteiger partial charge is 0.322 e. The van der Waals surface area contributed by atoms with Crippen LogP contribution in [-0.4, -0.2) is 58.7 Å². The number of amides is 2. The zero-order valence-corrected chi connectivity index (χ0v) is 14.3. The lowest BCUT2D eigenvalue weighted by Gasteiger charge is -2.42. The van der Waals surface area contributed by atoms with E-state index in [0.29, 0.717) is 32.0 Å². The van der Waals surface area contributed by atoms with Crippen molar-refractivity contribution in [3.8, 4) is 0 Å². The zero-order valence-electron chi connectivity index (χ0n) is 14.3. The first kappa shape index (κ1) is 16.3. The molecule has 2 saturated heterocycles. The molecule has 7 nitrogen and oxygen atoms in total. The van der Waals surface area contributed by atoms with Gasteiger partial charge in [-0.2, -0.15) is 5.10 Å². The summed E-state index contributed by atoms with van der Waals surface area (Å²) in [7, 11) is 0. The molecular formula is C16H26N4O3. The summed E-state index contributed by atoms with van der Waals surface area (Å²) in [6.45, 7) is 10.6. The molecule has 0 aromatic carbocycles. The molecule has 2 aliphatic rings. The zero-order chi connectivity index (χ0) is 16.7. The summed E-state index contributed by atoms with van der Waals surface area (Å²) in [5.41, 5.74) is 0.257. The quantitative estimate of drug-likeness (QED) is 0.859. The van der Waals surface area contributed by atoms with E-state index in [1.165, 1.54) is 0 Å². The predicted molar refractivity (Wildman–Crippen MR) is 86.5 cm³/mol. The van der Waals surface area contributed by atoms with Crippen LogP contribution < -0.4 is 5.32 Å². The minimum absolute atomic E-state index is 0.00787. The van der Waals surface area contributed by atoms with Crippen molar-refractivity contribution in [2.75, 3.05) is 31.6 Å². The van der Waals surface area contributed by atoms with Crippen molar-refractivity contribution in [3.05, 3.63) is 12.4 Å². The van der Waals surface area contributed by atoms with Crippen LogP contribution in [0.15, 0.2) is 12.4 Å². The van der Waals surface area contributed by atoms with Crippen molar-refractivity contribution in [1.29, 1.82) is 0 Å². The van der Waals surface area contributed by atoms with Crippen molar-refractivity contribution in [2.24, 2.45) is 0 Å². The van der Waals surface area contributed by atoms with Crippen LogP contribution in [0.3, 0.4) is 0 Å². The molecule has 3 heterocycles. The van der Waals surface area contributed by atoms with Gasteiger partial charge in [-0.25, -0.2) is 4.79 Å². The minimum Gasteiger partial charge on any atom is -0.378 e. The molecule has 1 N–H and O–H groups in total.